The average molecular weight is 193 g/mol. The maximum Gasteiger partial charge on any atom is 0.151 e. The minimum Gasteiger partial charge on any atom is -0.377 e. The standard InChI is InChI=1S/C10H15N3O/c1-10(2)8-14-7-6-13(10)9-4-3-5-11-12-9/h3-5H,6-8H2,1-2H3. The van der Waals surface area contributed by atoms with Gasteiger partial charge in [0, 0.05) is 12.7 Å². The molecule has 4 nitrogen and oxygen atoms in total. The van der Waals surface area contributed by atoms with E-state index in [0.29, 0.717) is 0 Å². The Morgan fingerprint density at radius 2 is 2.36 bits per heavy atom. The van der Waals surface area contributed by atoms with E-state index in [9.17, 15) is 0 Å². The highest BCUT2D eigenvalue weighted by Gasteiger charge is 2.31. The maximum atomic E-state index is 5.45. The first-order valence-corrected chi connectivity index (χ1v) is 4.83. The minimum absolute atomic E-state index is 0.00822. The highest BCUT2D eigenvalue weighted by molar-refractivity contribution is 5.40. The van der Waals surface area contributed by atoms with Gasteiger partial charge in [-0.2, -0.15) is 5.10 Å². The molecule has 0 bridgehead atoms. The Kier molecular flexibility index (Phi) is 2.37. The van der Waals surface area contributed by atoms with E-state index in [4.69, 9.17) is 4.74 Å². The van der Waals surface area contributed by atoms with Crippen molar-refractivity contribution in [3.8, 4) is 0 Å². The number of rotatable bonds is 1. The smallest absolute Gasteiger partial charge is 0.151 e. The molecule has 1 fully saturated rings. The number of aromatic nitrogens is 2. The molecule has 4 heteroatoms. The van der Waals surface area contributed by atoms with Crippen LogP contribution < -0.4 is 4.90 Å². The minimum atomic E-state index is 0.00822. The topological polar surface area (TPSA) is 38.2 Å². The largest absolute Gasteiger partial charge is 0.377 e. The first-order chi connectivity index (χ1) is 6.70. The monoisotopic (exact) mass is 193 g/mol. The maximum absolute atomic E-state index is 5.45. The van der Waals surface area contributed by atoms with E-state index in [2.05, 4.69) is 28.9 Å². The Bertz CT molecular complexity index is 299. The number of hydrogen-bond acceptors (Lipinski definition) is 4. The van der Waals surface area contributed by atoms with E-state index >= 15 is 0 Å². The van der Waals surface area contributed by atoms with Gasteiger partial charge in [0.2, 0.25) is 0 Å². The second kappa shape index (κ2) is 3.53. The van der Waals surface area contributed by atoms with Crippen LogP contribution in [0.5, 0.6) is 0 Å². The van der Waals surface area contributed by atoms with Crippen LogP contribution in [0.15, 0.2) is 18.3 Å². The molecule has 0 spiro atoms. The molecule has 0 N–H and O–H groups in total. The second-order valence-electron chi connectivity index (χ2n) is 4.10. The van der Waals surface area contributed by atoms with Crippen LogP contribution in [0.3, 0.4) is 0 Å². The van der Waals surface area contributed by atoms with Crippen LogP contribution in [0, 0.1) is 0 Å². The van der Waals surface area contributed by atoms with E-state index in [1.54, 1.807) is 6.20 Å². The molecule has 2 heterocycles. The lowest BCUT2D eigenvalue weighted by Crippen LogP contribution is -2.53. The van der Waals surface area contributed by atoms with Crippen molar-refractivity contribution in [1.82, 2.24) is 10.2 Å². The molecule has 1 aromatic rings. The molecule has 0 radical (unpaired) electrons. The summed E-state index contributed by atoms with van der Waals surface area (Å²) in [5, 5.41) is 8.01. The number of nitrogens with zero attached hydrogens (tertiary/aromatic N) is 3. The molecule has 1 aromatic heterocycles. The zero-order valence-corrected chi connectivity index (χ0v) is 8.60. The van der Waals surface area contributed by atoms with Crippen molar-refractivity contribution in [3.63, 3.8) is 0 Å². The molecule has 0 aromatic carbocycles. The number of hydrogen-bond donors (Lipinski definition) is 0. The van der Waals surface area contributed by atoms with Crippen LogP contribution in [0.1, 0.15) is 13.8 Å². The Morgan fingerprint density at radius 3 is 3.00 bits per heavy atom. The third-order valence-corrected chi connectivity index (χ3v) is 2.48. The number of anilines is 1. The zero-order chi connectivity index (χ0) is 10.0. The van der Waals surface area contributed by atoms with Crippen molar-refractivity contribution in [2.45, 2.75) is 19.4 Å². The summed E-state index contributed by atoms with van der Waals surface area (Å²) in [4.78, 5) is 2.24. The van der Waals surface area contributed by atoms with Crippen LogP contribution in [0.2, 0.25) is 0 Å². The fraction of sp³-hybridized carbons (Fsp3) is 0.600. The van der Waals surface area contributed by atoms with Gasteiger partial charge < -0.3 is 9.64 Å². The van der Waals surface area contributed by atoms with Gasteiger partial charge in [0.1, 0.15) is 0 Å². The van der Waals surface area contributed by atoms with Gasteiger partial charge in [-0.05, 0) is 26.0 Å². The van der Waals surface area contributed by atoms with Gasteiger partial charge >= 0.3 is 0 Å². The SMILES string of the molecule is CC1(C)COCCN1c1cccnn1. The molecule has 0 saturated carbocycles. The molecule has 14 heavy (non-hydrogen) atoms. The van der Waals surface area contributed by atoms with Gasteiger partial charge in [-0.3, -0.25) is 0 Å². The third kappa shape index (κ3) is 1.70. The lowest BCUT2D eigenvalue weighted by molar-refractivity contribution is 0.0638. The van der Waals surface area contributed by atoms with Gasteiger partial charge in [0.15, 0.2) is 5.82 Å². The number of morpholine rings is 1. The summed E-state index contributed by atoms with van der Waals surface area (Å²) in [6, 6.07) is 3.90. The van der Waals surface area contributed by atoms with Gasteiger partial charge in [-0.1, -0.05) is 0 Å². The number of ether oxygens (including phenoxy) is 1. The van der Waals surface area contributed by atoms with E-state index in [0.717, 1.165) is 25.6 Å². The molecular formula is C10H15N3O. The van der Waals surface area contributed by atoms with E-state index in [1.165, 1.54) is 0 Å². The summed E-state index contributed by atoms with van der Waals surface area (Å²) >= 11 is 0. The molecule has 0 atom stereocenters. The fourth-order valence-corrected chi connectivity index (χ4v) is 1.72. The predicted molar refractivity (Wildman–Crippen MR) is 54.3 cm³/mol. The van der Waals surface area contributed by atoms with E-state index in [-0.39, 0.29) is 5.54 Å². The van der Waals surface area contributed by atoms with Gasteiger partial charge in [0.25, 0.3) is 0 Å². The molecule has 2 rings (SSSR count). The molecule has 0 amide bonds. The quantitative estimate of drug-likeness (QED) is 0.669. The Morgan fingerprint density at radius 1 is 1.50 bits per heavy atom. The van der Waals surface area contributed by atoms with Crippen LogP contribution in [0.4, 0.5) is 5.82 Å². The van der Waals surface area contributed by atoms with Crippen LogP contribution in [-0.2, 0) is 4.74 Å². The second-order valence-corrected chi connectivity index (χ2v) is 4.10. The predicted octanol–water partition coefficient (Wildman–Crippen LogP) is 1.09. The van der Waals surface area contributed by atoms with Crippen LogP contribution >= 0.6 is 0 Å². The van der Waals surface area contributed by atoms with Gasteiger partial charge in [-0.15, -0.1) is 5.10 Å². The van der Waals surface area contributed by atoms with Crippen LogP contribution in [0.25, 0.3) is 0 Å². The first-order valence-electron chi connectivity index (χ1n) is 4.83. The molecule has 0 unspecified atom stereocenters. The lowest BCUT2D eigenvalue weighted by atomic mass is 10.0. The van der Waals surface area contributed by atoms with Gasteiger partial charge in [-0.25, -0.2) is 0 Å². The van der Waals surface area contributed by atoms with Crippen molar-refractivity contribution in [3.05, 3.63) is 18.3 Å². The summed E-state index contributed by atoms with van der Waals surface area (Å²) in [7, 11) is 0. The molecule has 1 aliphatic rings. The fourth-order valence-electron chi connectivity index (χ4n) is 1.72. The first kappa shape index (κ1) is 9.40. The molecule has 76 valence electrons. The molecule has 1 aliphatic heterocycles. The zero-order valence-electron chi connectivity index (χ0n) is 8.60. The summed E-state index contributed by atoms with van der Waals surface area (Å²) in [6.07, 6.45) is 1.69. The van der Waals surface area contributed by atoms with Crippen LogP contribution in [-0.4, -0.2) is 35.5 Å². The van der Waals surface area contributed by atoms with E-state index in [1.807, 2.05) is 12.1 Å². The lowest BCUT2D eigenvalue weighted by Gasteiger charge is -2.42. The van der Waals surface area contributed by atoms with Crippen molar-refractivity contribution >= 4 is 5.82 Å². The Hall–Kier alpha value is -1.16. The summed E-state index contributed by atoms with van der Waals surface area (Å²) in [5.74, 6) is 0.931. The normalized spacial score (nSPS) is 20.9. The molecular weight excluding hydrogens is 178 g/mol. The van der Waals surface area contributed by atoms with Crippen molar-refractivity contribution in [1.29, 1.82) is 0 Å². The third-order valence-electron chi connectivity index (χ3n) is 2.48. The van der Waals surface area contributed by atoms with Gasteiger partial charge in [0.05, 0.1) is 18.8 Å². The summed E-state index contributed by atoms with van der Waals surface area (Å²) < 4.78 is 5.45. The van der Waals surface area contributed by atoms with Crippen molar-refractivity contribution < 1.29 is 4.74 Å². The van der Waals surface area contributed by atoms with E-state index < -0.39 is 0 Å². The van der Waals surface area contributed by atoms with Crippen molar-refractivity contribution in [2.24, 2.45) is 0 Å². The van der Waals surface area contributed by atoms with Crippen molar-refractivity contribution in [2.75, 3.05) is 24.7 Å². The summed E-state index contributed by atoms with van der Waals surface area (Å²) in [6.45, 7) is 6.69. The average Bonchev–Trinajstić information content (AvgIpc) is 2.18. The highest BCUT2D eigenvalue weighted by atomic mass is 16.5. The highest BCUT2D eigenvalue weighted by Crippen LogP contribution is 2.24. The Labute approximate surface area is 83.9 Å². The summed E-state index contributed by atoms with van der Waals surface area (Å²) in [5.41, 5.74) is 0.00822. The Balaban J connectivity index is 2.24. The molecule has 1 saturated heterocycles. The molecule has 0 aliphatic carbocycles.